The van der Waals surface area contributed by atoms with Crippen LogP contribution in [0.3, 0.4) is 0 Å². The Morgan fingerprint density at radius 3 is 2.61 bits per heavy atom. The van der Waals surface area contributed by atoms with Gasteiger partial charge in [0.05, 0.1) is 0 Å². The number of likely N-dealkylation sites (N-methyl/N-ethyl adjacent to an activating group) is 1. The summed E-state index contributed by atoms with van der Waals surface area (Å²) in [6.07, 6.45) is 2.25. The molecule has 4 nitrogen and oxygen atoms in total. The molecule has 0 aromatic heterocycles. The lowest BCUT2D eigenvalue weighted by molar-refractivity contribution is 0.0392. The molecule has 18 heavy (non-hydrogen) atoms. The quantitative estimate of drug-likeness (QED) is 0.809. The van der Waals surface area contributed by atoms with E-state index in [0.717, 1.165) is 44.0 Å². The molecular formula is C14H22N2O2. The predicted molar refractivity (Wildman–Crippen MR) is 72.8 cm³/mol. The molecule has 1 aliphatic rings. The summed E-state index contributed by atoms with van der Waals surface area (Å²) in [5.41, 5.74) is 6.39. The lowest BCUT2D eigenvalue weighted by Gasteiger charge is -2.30. The van der Waals surface area contributed by atoms with Crippen LogP contribution in [0.2, 0.25) is 0 Å². The molecule has 0 amide bonds. The molecule has 1 heterocycles. The van der Waals surface area contributed by atoms with Crippen molar-refractivity contribution in [3.8, 4) is 5.75 Å². The largest absolute Gasteiger partial charge is 0.492 e. The zero-order chi connectivity index (χ0) is 12.8. The number of nitrogens with two attached hydrogens (primary N) is 1. The number of hydrogen-bond acceptors (Lipinski definition) is 4. The van der Waals surface area contributed by atoms with Gasteiger partial charge < -0.3 is 15.2 Å². The summed E-state index contributed by atoms with van der Waals surface area (Å²) in [5.74, 6) is 0.879. The number of ether oxygens (including phenoxy) is 2. The summed E-state index contributed by atoms with van der Waals surface area (Å²) in [7, 11) is 2.16. The maximum absolute atomic E-state index is 5.69. The zero-order valence-corrected chi connectivity index (χ0v) is 11.0. The molecular weight excluding hydrogens is 228 g/mol. The minimum absolute atomic E-state index is 0.633. The van der Waals surface area contributed by atoms with E-state index in [1.165, 1.54) is 0 Å². The topological polar surface area (TPSA) is 47.7 Å². The Balaban J connectivity index is 1.69. The van der Waals surface area contributed by atoms with E-state index in [2.05, 4.69) is 11.9 Å². The smallest absolute Gasteiger partial charge is 0.119 e. The van der Waals surface area contributed by atoms with Gasteiger partial charge in [-0.3, -0.25) is 4.90 Å². The van der Waals surface area contributed by atoms with E-state index < -0.39 is 0 Å². The van der Waals surface area contributed by atoms with Crippen molar-refractivity contribution in [1.29, 1.82) is 0 Å². The summed E-state index contributed by atoms with van der Waals surface area (Å²) in [6.45, 7) is 3.41. The van der Waals surface area contributed by atoms with Crippen LogP contribution < -0.4 is 10.5 Å². The minimum atomic E-state index is 0.633. The van der Waals surface area contributed by atoms with Crippen LogP contribution in [0, 0.1) is 0 Å². The van der Waals surface area contributed by atoms with E-state index >= 15 is 0 Å². The van der Waals surface area contributed by atoms with Crippen molar-refractivity contribution in [1.82, 2.24) is 4.90 Å². The first-order chi connectivity index (χ1) is 8.75. The summed E-state index contributed by atoms with van der Waals surface area (Å²) in [6, 6.07) is 8.16. The fourth-order valence-corrected chi connectivity index (χ4v) is 2.18. The van der Waals surface area contributed by atoms with Gasteiger partial charge in [0, 0.05) is 31.5 Å². The van der Waals surface area contributed by atoms with E-state index in [9.17, 15) is 0 Å². The van der Waals surface area contributed by atoms with Gasteiger partial charge in [-0.25, -0.2) is 0 Å². The van der Waals surface area contributed by atoms with E-state index in [0.29, 0.717) is 12.6 Å². The molecule has 0 saturated carbocycles. The summed E-state index contributed by atoms with van der Waals surface area (Å²) in [4.78, 5) is 2.36. The minimum Gasteiger partial charge on any atom is -0.492 e. The standard InChI is InChI=1S/C14H22N2O2/c1-16(13-6-9-17-10-7-13)8-11-18-14-4-2-12(15)3-5-14/h2-5,13H,6-11,15H2,1H3. The molecule has 4 heteroatoms. The molecule has 2 N–H and O–H groups in total. The van der Waals surface area contributed by atoms with E-state index in [1.807, 2.05) is 24.3 Å². The van der Waals surface area contributed by atoms with Gasteiger partial charge in [0.15, 0.2) is 0 Å². The van der Waals surface area contributed by atoms with Crippen LogP contribution >= 0.6 is 0 Å². The first-order valence-corrected chi connectivity index (χ1v) is 6.52. The molecule has 0 aliphatic carbocycles. The Kier molecular flexibility index (Phi) is 4.84. The van der Waals surface area contributed by atoms with Crippen LogP contribution in [-0.2, 0) is 4.74 Å². The molecule has 0 unspecified atom stereocenters. The summed E-state index contributed by atoms with van der Waals surface area (Å²) < 4.78 is 11.1. The Hall–Kier alpha value is -1.26. The third-order valence-corrected chi connectivity index (χ3v) is 3.41. The van der Waals surface area contributed by atoms with Gasteiger partial charge in [0.1, 0.15) is 12.4 Å². The van der Waals surface area contributed by atoms with Gasteiger partial charge in [0.2, 0.25) is 0 Å². The predicted octanol–water partition coefficient (Wildman–Crippen LogP) is 1.76. The van der Waals surface area contributed by atoms with Crippen LogP contribution in [0.5, 0.6) is 5.75 Å². The van der Waals surface area contributed by atoms with Crippen LogP contribution in [-0.4, -0.2) is 44.4 Å². The van der Waals surface area contributed by atoms with Crippen molar-refractivity contribution in [3.63, 3.8) is 0 Å². The van der Waals surface area contributed by atoms with Gasteiger partial charge in [-0.05, 0) is 44.2 Å². The van der Waals surface area contributed by atoms with Crippen LogP contribution in [0.4, 0.5) is 5.69 Å². The van der Waals surface area contributed by atoms with Crippen LogP contribution in [0.15, 0.2) is 24.3 Å². The van der Waals surface area contributed by atoms with Gasteiger partial charge in [-0.1, -0.05) is 0 Å². The number of rotatable bonds is 5. The Morgan fingerprint density at radius 2 is 1.94 bits per heavy atom. The molecule has 1 aromatic carbocycles. The highest BCUT2D eigenvalue weighted by Crippen LogP contribution is 2.14. The van der Waals surface area contributed by atoms with Crippen LogP contribution in [0.1, 0.15) is 12.8 Å². The summed E-state index contributed by atoms with van der Waals surface area (Å²) >= 11 is 0. The van der Waals surface area contributed by atoms with Gasteiger partial charge in [-0.2, -0.15) is 0 Å². The van der Waals surface area contributed by atoms with Gasteiger partial charge in [0.25, 0.3) is 0 Å². The lowest BCUT2D eigenvalue weighted by Crippen LogP contribution is -2.38. The molecule has 0 spiro atoms. The fourth-order valence-electron chi connectivity index (χ4n) is 2.18. The number of hydrogen-bond donors (Lipinski definition) is 1. The third kappa shape index (κ3) is 3.89. The number of nitrogen functional groups attached to an aromatic ring is 1. The molecule has 0 bridgehead atoms. The normalized spacial score (nSPS) is 17.0. The van der Waals surface area contributed by atoms with Crippen molar-refractivity contribution in [2.45, 2.75) is 18.9 Å². The van der Waals surface area contributed by atoms with Crippen molar-refractivity contribution in [2.75, 3.05) is 39.1 Å². The Bertz CT molecular complexity index is 347. The molecule has 0 atom stereocenters. The maximum atomic E-state index is 5.69. The van der Waals surface area contributed by atoms with Gasteiger partial charge in [-0.15, -0.1) is 0 Å². The first kappa shape index (κ1) is 13.2. The molecule has 100 valence electrons. The van der Waals surface area contributed by atoms with Crippen molar-refractivity contribution < 1.29 is 9.47 Å². The fraction of sp³-hybridized carbons (Fsp3) is 0.571. The third-order valence-electron chi connectivity index (χ3n) is 3.41. The highest BCUT2D eigenvalue weighted by Gasteiger charge is 2.17. The van der Waals surface area contributed by atoms with Crippen molar-refractivity contribution in [2.24, 2.45) is 0 Å². The average molecular weight is 250 g/mol. The van der Waals surface area contributed by atoms with Gasteiger partial charge >= 0.3 is 0 Å². The second-order valence-electron chi connectivity index (χ2n) is 4.74. The van der Waals surface area contributed by atoms with Crippen molar-refractivity contribution in [3.05, 3.63) is 24.3 Å². The molecule has 2 rings (SSSR count). The van der Waals surface area contributed by atoms with Crippen molar-refractivity contribution >= 4 is 5.69 Å². The molecule has 1 saturated heterocycles. The molecule has 1 aliphatic heterocycles. The second kappa shape index (κ2) is 6.61. The van der Waals surface area contributed by atoms with Crippen LogP contribution in [0.25, 0.3) is 0 Å². The Labute approximate surface area is 109 Å². The molecule has 0 radical (unpaired) electrons. The molecule has 1 fully saturated rings. The van der Waals surface area contributed by atoms with E-state index in [4.69, 9.17) is 15.2 Å². The second-order valence-corrected chi connectivity index (χ2v) is 4.74. The van der Waals surface area contributed by atoms with E-state index in [1.54, 1.807) is 0 Å². The Morgan fingerprint density at radius 1 is 1.28 bits per heavy atom. The number of benzene rings is 1. The highest BCUT2D eigenvalue weighted by atomic mass is 16.5. The summed E-state index contributed by atoms with van der Waals surface area (Å²) in [5, 5.41) is 0. The monoisotopic (exact) mass is 250 g/mol. The average Bonchev–Trinajstić information content (AvgIpc) is 2.42. The SMILES string of the molecule is CN(CCOc1ccc(N)cc1)C1CCOCC1. The molecule has 1 aromatic rings. The first-order valence-electron chi connectivity index (χ1n) is 6.52. The lowest BCUT2D eigenvalue weighted by atomic mass is 10.1. The maximum Gasteiger partial charge on any atom is 0.119 e. The number of anilines is 1. The highest BCUT2D eigenvalue weighted by molar-refractivity contribution is 5.41. The zero-order valence-electron chi connectivity index (χ0n) is 11.0. The van der Waals surface area contributed by atoms with E-state index in [-0.39, 0.29) is 0 Å². The number of nitrogens with zero attached hydrogens (tertiary/aromatic N) is 1.